The maximum absolute atomic E-state index is 12.6. The molecule has 1 unspecified atom stereocenters. The summed E-state index contributed by atoms with van der Waals surface area (Å²) in [6.07, 6.45) is 1.64. The van der Waals surface area contributed by atoms with Crippen molar-refractivity contribution in [2.75, 3.05) is 20.5 Å². The van der Waals surface area contributed by atoms with Gasteiger partial charge in [0, 0.05) is 23.5 Å². The zero-order valence-corrected chi connectivity index (χ0v) is 20.7. The summed E-state index contributed by atoms with van der Waals surface area (Å²) >= 11 is 0. The Morgan fingerprint density at radius 1 is 1.30 bits per heavy atom. The Morgan fingerprint density at radius 2 is 1.97 bits per heavy atom. The van der Waals surface area contributed by atoms with E-state index in [2.05, 4.69) is 15.0 Å². The second kappa shape index (κ2) is 11.1. The van der Waals surface area contributed by atoms with Crippen LogP contribution in [0.25, 0.3) is 11.0 Å². The number of nitrogens with zero attached hydrogens (tertiary/aromatic N) is 3. The van der Waals surface area contributed by atoms with Gasteiger partial charge in [-0.25, -0.2) is 0 Å². The number of rotatable bonds is 5. The Labute approximate surface area is 200 Å². The Hall–Kier alpha value is -1.65. The van der Waals surface area contributed by atoms with Crippen LogP contribution in [-0.2, 0) is 16.6 Å². The number of methoxy groups -OCH3 is 1. The SMILES string of the molecule is CC(C)CO.COc1ccnc(CS(=O)c2nc3cc4c(cc3[n-]2)OCO4)c1C.[Na+]. The van der Waals surface area contributed by atoms with Gasteiger partial charge in [-0.1, -0.05) is 13.8 Å². The van der Waals surface area contributed by atoms with Gasteiger partial charge < -0.3 is 29.3 Å². The normalized spacial score (nSPS) is 12.9. The third kappa shape index (κ3) is 5.73. The number of ether oxygens (including phenoxy) is 3. The number of aromatic nitrogens is 3. The van der Waals surface area contributed by atoms with Crippen molar-refractivity contribution in [1.82, 2.24) is 15.0 Å². The number of pyridine rings is 1. The van der Waals surface area contributed by atoms with Gasteiger partial charge in [-0.2, -0.15) is 0 Å². The second-order valence-corrected chi connectivity index (χ2v) is 8.20. The Morgan fingerprint density at radius 3 is 2.60 bits per heavy atom. The number of benzene rings is 1. The molecule has 3 aromatic rings. The van der Waals surface area contributed by atoms with Gasteiger partial charge in [-0.05, 0) is 42.1 Å². The summed E-state index contributed by atoms with van der Waals surface area (Å²) in [7, 11) is 0.190. The van der Waals surface area contributed by atoms with Crippen LogP contribution in [-0.4, -0.2) is 39.8 Å². The molecule has 10 heteroatoms. The van der Waals surface area contributed by atoms with Crippen LogP contribution in [0.4, 0.5) is 0 Å². The molecule has 30 heavy (non-hydrogen) atoms. The van der Waals surface area contributed by atoms with Crippen molar-refractivity contribution in [3.8, 4) is 17.2 Å². The molecule has 2 aromatic heterocycles. The maximum Gasteiger partial charge on any atom is 1.00 e. The molecule has 0 amide bonds. The summed E-state index contributed by atoms with van der Waals surface area (Å²) in [5.41, 5.74) is 2.84. The minimum atomic E-state index is -1.41. The molecule has 1 aliphatic rings. The van der Waals surface area contributed by atoms with Crippen molar-refractivity contribution in [2.24, 2.45) is 5.92 Å². The van der Waals surface area contributed by atoms with E-state index in [9.17, 15) is 4.21 Å². The van der Waals surface area contributed by atoms with Gasteiger partial charge in [-0.3, -0.25) is 9.19 Å². The van der Waals surface area contributed by atoms with Crippen molar-refractivity contribution in [1.29, 1.82) is 0 Å². The van der Waals surface area contributed by atoms with Crippen molar-refractivity contribution in [3.63, 3.8) is 0 Å². The van der Waals surface area contributed by atoms with E-state index in [1.54, 1.807) is 31.5 Å². The van der Waals surface area contributed by atoms with Crippen molar-refractivity contribution in [2.45, 2.75) is 31.7 Å². The minimum Gasteiger partial charge on any atom is -0.496 e. The van der Waals surface area contributed by atoms with E-state index in [-0.39, 0.29) is 47.3 Å². The molecule has 1 N–H and O–H groups in total. The predicted molar refractivity (Wildman–Crippen MR) is 109 cm³/mol. The topological polar surface area (TPSA) is 105 Å². The summed E-state index contributed by atoms with van der Waals surface area (Å²) in [4.78, 5) is 13.0. The number of hydrogen-bond acceptors (Lipinski definition) is 7. The third-order valence-corrected chi connectivity index (χ3v) is 5.34. The predicted octanol–water partition coefficient (Wildman–Crippen LogP) is -0.421. The first-order chi connectivity index (χ1) is 13.9. The molecular weight excluding hydrogens is 417 g/mol. The van der Waals surface area contributed by atoms with Crippen LogP contribution in [0.3, 0.4) is 0 Å². The number of imidazole rings is 1. The van der Waals surface area contributed by atoms with Crippen molar-refractivity contribution in [3.05, 3.63) is 35.7 Å². The van der Waals surface area contributed by atoms with Crippen LogP contribution in [0.15, 0.2) is 29.6 Å². The molecule has 4 rings (SSSR count). The Bertz CT molecular complexity index is 984. The van der Waals surface area contributed by atoms with E-state index in [4.69, 9.17) is 19.3 Å². The van der Waals surface area contributed by atoms with Crippen molar-refractivity contribution >= 4 is 21.8 Å². The van der Waals surface area contributed by atoms with Gasteiger partial charge >= 0.3 is 29.6 Å². The van der Waals surface area contributed by atoms with Crippen LogP contribution in [0.1, 0.15) is 25.1 Å². The fourth-order valence-electron chi connectivity index (χ4n) is 2.55. The first-order valence-electron chi connectivity index (χ1n) is 9.14. The molecule has 0 spiro atoms. The van der Waals surface area contributed by atoms with E-state index in [0.717, 1.165) is 11.3 Å². The first kappa shape index (κ1) is 24.6. The van der Waals surface area contributed by atoms with Crippen LogP contribution >= 0.6 is 0 Å². The summed E-state index contributed by atoms with van der Waals surface area (Å²) < 4.78 is 28.5. The van der Waals surface area contributed by atoms with E-state index < -0.39 is 10.8 Å². The minimum absolute atomic E-state index is 0. The standard InChI is InChI=1S/C16H14N3O4S.C4H10O.Na/c1-9-12(17-4-3-13(9)21-2)7-24(20)16-18-10-5-14-15(23-8-22-14)6-11(10)19-16;1-4(2)3-5;/h3-6H,7-8H2,1-2H3;4-5H,3H2,1-2H3;/q-1;;+1. The molecule has 0 aliphatic carbocycles. The fraction of sp³-hybridized carbons (Fsp3) is 0.400. The molecule has 1 aromatic carbocycles. The molecule has 0 saturated heterocycles. The zero-order chi connectivity index (χ0) is 21.0. The monoisotopic (exact) mass is 441 g/mol. The molecule has 156 valence electrons. The maximum atomic E-state index is 12.6. The van der Waals surface area contributed by atoms with Gasteiger partial charge in [0.25, 0.3) is 0 Å². The summed E-state index contributed by atoms with van der Waals surface area (Å²) in [5.74, 6) is 2.65. The third-order valence-electron chi connectivity index (χ3n) is 4.22. The summed E-state index contributed by atoms with van der Waals surface area (Å²) in [5, 5.41) is 8.42. The summed E-state index contributed by atoms with van der Waals surface area (Å²) in [6.45, 7) is 6.33. The Kier molecular flexibility index (Phi) is 9.11. The van der Waals surface area contributed by atoms with Crippen LogP contribution in [0.2, 0.25) is 0 Å². The van der Waals surface area contributed by atoms with Gasteiger partial charge in [-0.15, -0.1) is 0 Å². The molecular formula is C20H24N3NaO5S. The van der Waals surface area contributed by atoms with Crippen LogP contribution in [0.5, 0.6) is 17.2 Å². The Balaban J connectivity index is 0.000000482. The number of hydrogen-bond donors (Lipinski definition) is 1. The quantitative estimate of drug-likeness (QED) is 0.533. The van der Waals surface area contributed by atoms with Gasteiger partial charge in [0.1, 0.15) is 5.75 Å². The average molecular weight is 441 g/mol. The number of aliphatic hydroxyl groups excluding tert-OH is 1. The van der Waals surface area contributed by atoms with E-state index >= 15 is 0 Å². The van der Waals surface area contributed by atoms with E-state index in [1.807, 2.05) is 20.8 Å². The van der Waals surface area contributed by atoms with E-state index in [0.29, 0.717) is 40.8 Å². The number of aliphatic hydroxyl groups is 1. The van der Waals surface area contributed by atoms with Crippen molar-refractivity contribution < 1.29 is 53.1 Å². The molecule has 1 aliphatic heterocycles. The molecule has 0 bridgehead atoms. The first-order valence-corrected chi connectivity index (χ1v) is 10.5. The molecule has 0 saturated carbocycles. The largest absolute Gasteiger partial charge is 1.00 e. The fourth-order valence-corrected chi connectivity index (χ4v) is 3.62. The summed E-state index contributed by atoms with van der Waals surface area (Å²) in [6, 6.07) is 5.28. The van der Waals surface area contributed by atoms with E-state index in [1.165, 1.54) is 0 Å². The molecule has 0 fully saturated rings. The van der Waals surface area contributed by atoms with Gasteiger partial charge in [0.15, 0.2) is 11.5 Å². The van der Waals surface area contributed by atoms with Crippen LogP contribution in [0, 0.1) is 12.8 Å². The molecule has 3 heterocycles. The van der Waals surface area contributed by atoms with Gasteiger partial charge in [0.05, 0.1) is 29.4 Å². The average Bonchev–Trinajstić information content (AvgIpc) is 3.33. The molecule has 0 radical (unpaired) electrons. The molecule has 8 nitrogen and oxygen atoms in total. The smallest absolute Gasteiger partial charge is 0.496 e. The number of fused-ring (bicyclic) bond motifs is 2. The second-order valence-electron chi connectivity index (χ2n) is 6.85. The van der Waals surface area contributed by atoms with Crippen LogP contribution < -0.4 is 48.8 Å². The zero-order valence-electron chi connectivity index (χ0n) is 17.8. The molecule has 1 atom stereocenters. The van der Waals surface area contributed by atoms with Gasteiger partial charge in [0.2, 0.25) is 6.79 Å².